The largest absolute Gasteiger partial charge is 0.523 e. The van der Waals surface area contributed by atoms with Crippen LogP contribution in [0.2, 0.25) is 0 Å². The average molecular weight is 488 g/mol. The second-order valence-corrected chi connectivity index (χ2v) is 7.19. The third-order valence-corrected chi connectivity index (χ3v) is 5.06. The SMILES string of the molecule is Cc1cccc(N[B-](Cl)(c2c(F)c(F)c(F)c(F)c2F)c2c(F)c(F)c(F)c(F)c2F)n1. The van der Waals surface area contributed by atoms with Crippen LogP contribution in [0.3, 0.4) is 0 Å². The fourth-order valence-corrected chi connectivity index (χ4v) is 3.55. The minimum atomic E-state index is -4.65. The van der Waals surface area contributed by atoms with Gasteiger partial charge in [-0.3, -0.25) is 0 Å². The minimum absolute atomic E-state index is 0.180. The lowest BCUT2D eigenvalue weighted by Crippen LogP contribution is -2.65. The van der Waals surface area contributed by atoms with E-state index in [4.69, 9.17) is 11.5 Å². The summed E-state index contributed by atoms with van der Waals surface area (Å²) in [5.74, 6) is -26.7. The number of rotatable bonds is 4. The maximum absolute atomic E-state index is 14.6. The molecule has 1 heterocycles. The van der Waals surface area contributed by atoms with Gasteiger partial charge in [0.15, 0.2) is 34.9 Å². The second kappa shape index (κ2) is 8.19. The molecule has 0 atom stereocenters. The van der Waals surface area contributed by atoms with E-state index in [1.165, 1.54) is 19.1 Å². The summed E-state index contributed by atoms with van der Waals surface area (Å²) >= 11 is 6.03. The Morgan fingerprint density at radius 2 is 0.969 bits per heavy atom. The van der Waals surface area contributed by atoms with Gasteiger partial charge in [0.05, 0.1) is 5.82 Å². The van der Waals surface area contributed by atoms with Crippen molar-refractivity contribution in [2.45, 2.75) is 6.92 Å². The molecule has 3 rings (SSSR count). The highest BCUT2D eigenvalue weighted by molar-refractivity contribution is 7.35. The summed E-state index contributed by atoms with van der Waals surface area (Å²) in [6.07, 6.45) is 0. The van der Waals surface area contributed by atoms with Crippen LogP contribution in [0.25, 0.3) is 0 Å². The molecule has 0 bridgehead atoms. The van der Waals surface area contributed by atoms with Crippen LogP contribution in [0.4, 0.5) is 49.7 Å². The number of hydrogen-bond acceptors (Lipinski definition) is 2. The van der Waals surface area contributed by atoms with E-state index in [2.05, 4.69) is 4.98 Å². The summed E-state index contributed by atoms with van der Waals surface area (Å²) in [6, 6.07) is 3.63. The van der Waals surface area contributed by atoms with Crippen molar-refractivity contribution < 1.29 is 43.9 Å². The van der Waals surface area contributed by atoms with Crippen LogP contribution in [0, 0.1) is 65.1 Å². The lowest BCUT2D eigenvalue weighted by atomic mass is 9.47. The number of aromatic nitrogens is 1. The van der Waals surface area contributed by atoms with E-state index in [0.717, 1.165) is 6.07 Å². The molecule has 0 amide bonds. The Morgan fingerprint density at radius 3 is 1.31 bits per heavy atom. The van der Waals surface area contributed by atoms with Crippen molar-refractivity contribution in [3.63, 3.8) is 0 Å². The number of nitrogens with one attached hydrogen (secondary N) is 1. The third-order valence-electron chi connectivity index (χ3n) is 4.52. The summed E-state index contributed by atoms with van der Waals surface area (Å²) in [5.41, 5.74) is -8.59. The number of benzene rings is 2. The molecule has 14 heteroatoms. The minimum Gasteiger partial charge on any atom is -0.523 e. The van der Waals surface area contributed by atoms with Gasteiger partial charge in [-0.05, 0) is 19.1 Å². The molecule has 0 saturated heterocycles. The van der Waals surface area contributed by atoms with Crippen LogP contribution >= 0.6 is 11.5 Å². The van der Waals surface area contributed by atoms with Crippen molar-refractivity contribution in [2.24, 2.45) is 0 Å². The van der Waals surface area contributed by atoms with Crippen molar-refractivity contribution in [3.8, 4) is 0 Å². The van der Waals surface area contributed by atoms with Gasteiger partial charge in [-0.25, -0.2) is 48.9 Å². The lowest BCUT2D eigenvalue weighted by Gasteiger charge is -2.39. The second-order valence-electron chi connectivity index (χ2n) is 6.54. The predicted octanol–water partition coefficient (Wildman–Crippen LogP) is 4.69. The van der Waals surface area contributed by atoms with Crippen molar-refractivity contribution in [3.05, 3.63) is 82.1 Å². The molecule has 170 valence electrons. The van der Waals surface area contributed by atoms with Gasteiger partial charge in [-0.15, -0.1) is 0 Å². The van der Waals surface area contributed by atoms with Crippen molar-refractivity contribution in [1.82, 2.24) is 4.98 Å². The molecule has 32 heavy (non-hydrogen) atoms. The molecule has 3 aromatic rings. The van der Waals surface area contributed by atoms with Crippen LogP contribution in [-0.2, 0) is 0 Å². The highest BCUT2D eigenvalue weighted by atomic mass is 35.5. The molecule has 2 aromatic carbocycles. The predicted molar refractivity (Wildman–Crippen MR) is 95.9 cm³/mol. The van der Waals surface area contributed by atoms with Gasteiger partial charge in [-0.2, -0.15) is 0 Å². The Balaban J connectivity index is 2.49. The van der Waals surface area contributed by atoms with Gasteiger partial charge in [0.2, 0.25) is 5.70 Å². The molecule has 0 aliphatic rings. The molecular formula is C18H7BClF10N2-. The lowest BCUT2D eigenvalue weighted by molar-refractivity contribution is 0.382. The normalized spacial score (nSPS) is 11.8. The number of hydrogen-bond donors (Lipinski definition) is 1. The first-order chi connectivity index (χ1) is 14.8. The van der Waals surface area contributed by atoms with Crippen LogP contribution in [0.5, 0.6) is 0 Å². The molecule has 0 fully saturated rings. The maximum atomic E-state index is 14.6. The van der Waals surface area contributed by atoms with E-state index in [-0.39, 0.29) is 5.69 Å². The van der Waals surface area contributed by atoms with Gasteiger partial charge in [0.25, 0.3) is 0 Å². The Hall–Kier alpha value is -2.96. The molecule has 0 spiro atoms. The number of nitrogens with zero attached hydrogens (tertiary/aromatic N) is 1. The van der Waals surface area contributed by atoms with Crippen molar-refractivity contribution in [1.29, 1.82) is 0 Å². The fourth-order valence-electron chi connectivity index (χ4n) is 3.06. The average Bonchev–Trinajstić information content (AvgIpc) is 2.73. The Labute approximate surface area is 177 Å². The van der Waals surface area contributed by atoms with E-state index in [9.17, 15) is 43.9 Å². The van der Waals surface area contributed by atoms with Gasteiger partial charge < -0.3 is 16.7 Å². The zero-order valence-corrected chi connectivity index (χ0v) is 16.2. The monoisotopic (exact) mass is 487 g/mol. The van der Waals surface area contributed by atoms with E-state index >= 15 is 0 Å². The first-order valence-electron chi connectivity index (χ1n) is 8.42. The van der Waals surface area contributed by atoms with Gasteiger partial charge >= 0.3 is 0 Å². The number of anilines is 1. The van der Waals surface area contributed by atoms with E-state index in [0.29, 0.717) is 0 Å². The van der Waals surface area contributed by atoms with E-state index in [1.54, 1.807) is 0 Å². The highest BCUT2D eigenvalue weighted by Crippen LogP contribution is 2.27. The zero-order valence-electron chi connectivity index (χ0n) is 15.4. The van der Waals surface area contributed by atoms with E-state index in [1.807, 2.05) is 5.23 Å². The van der Waals surface area contributed by atoms with Crippen LogP contribution in [-0.4, -0.2) is 10.7 Å². The summed E-state index contributed by atoms with van der Waals surface area (Å²) in [5, 5.41) is 1.89. The standard InChI is InChI=1S/C18H7BClF10N2/c1-5-3-2-4-6(31-5)32-19(20,7-9(21)13(25)17(29)14(26)10(7)22)8-11(23)15(27)18(30)16(28)12(8)24/h2-4H,1H3,(H,31,32)/q-1. The quantitative estimate of drug-likeness (QED) is 0.250. The molecule has 1 aromatic heterocycles. The smallest absolute Gasteiger partial charge is 0.237 e. The molecule has 0 unspecified atom stereocenters. The third kappa shape index (κ3) is 3.53. The number of pyridine rings is 1. The maximum Gasteiger partial charge on any atom is 0.237 e. The first kappa shape index (κ1) is 23.7. The fraction of sp³-hybridized carbons (Fsp3) is 0.0556. The van der Waals surface area contributed by atoms with Crippen LogP contribution in [0.1, 0.15) is 5.69 Å². The molecule has 0 saturated carbocycles. The summed E-state index contributed by atoms with van der Waals surface area (Å²) in [6.45, 7) is 1.38. The number of halogens is 11. The molecule has 2 nitrogen and oxygen atoms in total. The summed E-state index contributed by atoms with van der Waals surface area (Å²) in [4.78, 5) is 3.76. The topological polar surface area (TPSA) is 24.9 Å². The van der Waals surface area contributed by atoms with Gasteiger partial charge in [0.1, 0.15) is 23.3 Å². The summed E-state index contributed by atoms with van der Waals surface area (Å²) in [7, 11) is 0. The Bertz CT molecular complexity index is 1130. The van der Waals surface area contributed by atoms with Gasteiger partial charge in [0, 0.05) is 5.69 Å². The van der Waals surface area contributed by atoms with Crippen molar-refractivity contribution in [2.75, 3.05) is 5.23 Å². The Kier molecular flexibility index (Phi) is 6.07. The molecular weight excluding hydrogens is 480 g/mol. The van der Waals surface area contributed by atoms with Crippen LogP contribution < -0.4 is 16.2 Å². The van der Waals surface area contributed by atoms with E-state index < -0.39 is 80.6 Å². The Morgan fingerprint density at radius 1 is 0.625 bits per heavy atom. The van der Waals surface area contributed by atoms with Crippen molar-refractivity contribution >= 4 is 33.9 Å². The summed E-state index contributed by atoms with van der Waals surface area (Å²) < 4.78 is 141. The molecule has 1 N–H and O–H groups in total. The van der Waals surface area contributed by atoms with Crippen LogP contribution in [0.15, 0.2) is 18.2 Å². The van der Waals surface area contributed by atoms with Gasteiger partial charge in [-0.1, -0.05) is 17.0 Å². The first-order valence-corrected chi connectivity index (χ1v) is 8.85. The zero-order chi connectivity index (χ0) is 24.1. The highest BCUT2D eigenvalue weighted by Gasteiger charge is 2.42. The molecule has 0 radical (unpaired) electrons. The number of aryl methyl sites for hydroxylation is 1. The molecule has 0 aliphatic heterocycles. The molecule has 0 aliphatic carbocycles.